The second kappa shape index (κ2) is 4.67. The molecule has 0 fully saturated rings. The van der Waals surface area contributed by atoms with E-state index in [1.165, 1.54) is 23.6 Å². The lowest BCUT2D eigenvalue weighted by Gasteiger charge is -2.06. The van der Waals surface area contributed by atoms with Gasteiger partial charge in [-0.3, -0.25) is 0 Å². The van der Waals surface area contributed by atoms with Crippen LogP contribution >= 0.6 is 11.6 Å². The molecule has 0 radical (unpaired) electrons. The summed E-state index contributed by atoms with van der Waals surface area (Å²) in [5.74, 6) is -1.06. The first-order valence-electron chi connectivity index (χ1n) is 6.17. The van der Waals surface area contributed by atoms with Crippen molar-refractivity contribution in [2.45, 2.75) is 19.3 Å². The predicted octanol–water partition coefficient (Wildman–Crippen LogP) is 3.59. The van der Waals surface area contributed by atoms with Crippen molar-refractivity contribution in [3.63, 3.8) is 0 Å². The Hall–Kier alpha value is -1.87. The van der Waals surface area contributed by atoms with E-state index in [-0.39, 0.29) is 10.7 Å². The van der Waals surface area contributed by atoms with Crippen molar-refractivity contribution in [2.75, 3.05) is 0 Å². The second-order valence-electron chi connectivity index (χ2n) is 4.68. The number of carbonyl (C=O) groups is 1. The van der Waals surface area contributed by atoms with Gasteiger partial charge in [0.2, 0.25) is 0 Å². The minimum atomic E-state index is -1.06. The van der Waals surface area contributed by atoms with Crippen LogP contribution in [0.15, 0.2) is 30.3 Å². The maximum Gasteiger partial charge on any atom is 0.338 e. The summed E-state index contributed by atoms with van der Waals surface area (Å²) in [5, 5.41) is 8.96. The highest BCUT2D eigenvalue weighted by Gasteiger charge is 2.14. The first-order chi connectivity index (χ1) is 9.15. The Morgan fingerprint density at radius 3 is 2.68 bits per heavy atom. The van der Waals surface area contributed by atoms with Crippen LogP contribution in [0.1, 0.15) is 27.9 Å². The summed E-state index contributed by atoms with van der Waals surface area (Å²) in [5.41, 5.74) is 4.49. The lowest BCUT2D eigenvalue weighted by atomic mass is 10.0. The Morgan fingerprint density at radius 1 is 1.16 bits per heavy atom. The number of rotatable bonds is 2. The fourth-order valence-electron chi connectivity index (χ4n) is 2.49. The maximum absolute atomic E-state index is 10.9. The van der Waals surface area contributed by atoms with Gasteiger partial charge in [-0.1, -0.05) is 23.7 Å². The number of benzene rings is 1. The second-order valence-corrected chi connectivity index (χ2v) is 5.04. The highest BCUT2D eigenvalue weighted by atomic mass is 35.5. The molecule has 0 spiro atoms. The summed E-state index contributed by atoms with van der Waals surface area (Å²) >= 11 is 5.90. The first kappa shape index (κ1) is 12.2. The number of aryl methyl sites for hydroxylation is 2. The van der Waals surface area contributed by atoms with E-state index in [4.69, 9.17) is 16.7 Å². The molecule has 19 heavy (non-hydrogen) atoms. The van der Waals surface area contributed by atoms with E-state index in [0.717, 1.165) is 18.4 Å². The van der Waals surface area contributed by atoms with Crippen LogP contribution in [0.4, 0.5) is 0 Å². The molecule has 96 valence electrons. The number of hydrogen-bond donors (Lipinski definition) is 1. The number of aromatic carboxylic acids is 1. The molecule has 1 aliphatic rings. The van der Waals surface area contributed by atoms with Crippen molar-refractivity contribution in [3.05, 3.63) is 52.2 Å². The summed E-state index contributed by atoms with van der Waals surface area (Å²) in [4.78, 5) is 15.1. The molecule has 3 nitrogen and oxygen atoms in total. The third kappa shape index (κ3) is 2.22. The van der Waals surface area contributed by atoms with Gasteiger partial charge in [0, 0.05) is 5.56 Å². The largest absolute Gasteiger partial charge is 0.478 e. The van der Waals surface area contributed by atoms with Gasteiger partial charge in [0.05, 0.1) is 11.3 Å². The van der Waals surface area contributed by atoms with Gasteiger partial charge >= 0.3 is 5.97 Å². The molecule has 4 heteroatoms. The molecule has 2 aromatic rings. The molecule has 0 bridgehead atoms. The van der Waals surface area contributed by atoms with Gasteiger partial charge in [0.25, 0.3) is 0 Å². The molecule has 0 saturated carbocycles. The topological polar surface area (TPSA) is 50.2 Å². The van der Waals surface area contributed by atoms with Crippen LogP contribution in [-0.2, 0) is 12.8 Å². The SMILES string of the molecule is O=C(O)c1ccc(-c2ccc3c(c2)CCC3)nc1Cl. The smallest absolute Gasteiger partial charge is 0.338 e. The molecule has 0 unspecified atom stereocenters. The minimum absolute atomic E-state index is 0.0329. The van der Waals surface area contributed by atoms with Crippen molar-refractivity contribution in [1.82, 2.24) is 4.98 Å². The quantitative estimate of drug-likeness (QED) is 0.851. The van der Waals surface area contributed by atoms with Crippen molar-refractivity contribution >= 4 is 17.6 Å². The Morgan fingerprint density at radius 2 is 1.95 bits per heavy atom. The van der Waals surface area contributed by atoms with Crippen LogP contribution in [0, 0.1) is 0 Å². The normalized spacial score (nSPS) is 13.3. The zero-order valence-corrected chi connectivity index (χ0v) is 10.9. The number of pyridine rings is 1. The molecule has 0 atom stereocenters. The number of hydrogen-bond acceptors (Lipinski definition) is 2. The molecule has 1 aromatic heterocycles. The summed E-state index contributed by atoms with van der Waals surface area (Å²) in [6.45, 7) is 0. The van der Waals surface area contributed by atoms with Gasteiger partial charge in [-0.25, -0.2) is 9.78 Å². The van der Waals surface area contributed by atoms with Gasteiger partial charge in [0.15, 0.2) is 0 Å². The molecular weight excluding hydrogens is 262 g/mol. The van der Waals surface area contributed by atoms with Crippen LogP contribution in [0.25, 0.3) is 11.3 Å². The highest BCUT2D eigenvalue weighted by Crippen LogP contribution is 2.28. The molecule has 3 rings (SSSR count). The molecule has 1 aromatic carbocycles. The van der Waals surface area contributed by atoms with Gasteiger partial charge in [-0.05, 0) is 48.6 Å². The van der Waals surface area contributed by atoms with Crippen molar-refractivity contribution in [1.29, 1.82) is 0 Å². The average Bonchev–Trinajstić information content (AvgIpc) is 2.85. The number of halogens is 1. The van der Waals surface area contributed by atoms with Crippen LogP contribution in [-0.4, -0.2) is 16.1 Å². The zero-order valence-electron chi connectivity index (χ0n) is 10.2. The van der Waals surface area contributed by atoms with Crippen molar-refractivity contribution in [2.24, 2.45) is 0 Å². The third-order valence-corrected chi connectivity index (χ3v) is 3.76. The molecule has 0 saturated heterocycles. The number of carboxylic acids is 1. The molecule has 1 aliphatic carbocycles. The average molecular weight is 274 g/mol. The number of nitrogens with zero attached hydrogens (tertiary/aromatic N) is 1. The summed E-state index contributed by atoms with van der Waals surface area (Å²) in [7, 11) is 0. The monoisotopic (exact) mass is 273 g/mol. The molecule has 0 aliphatic heterocycles. The van der Waals surface area contributed by atoms with E-state index >= 15 is 0 Å². The van der Waals surface area contributed by atoms with Crippen molar-refractivity contribution < 1.29 is 9.90 Å². The van der Waals surface area contributed by atoms with E-state index < -0.39 is 5.97 Å². The van der Waals surface area contributed by atoms with Gasteiger partial charge in [0.1, 0.15) is 5.15 Å². The Bertz CT molecular complexity index is 667. The van der Waals surface area contributed by atoms with Gasteiger partial charge in [-0.15, -0.1) is 0 Å². The Labute approximate surface area is 115 Å². The summed E-state index contributed by atoms with van der Waals surface area (Å²) in [6.07, 6.45) is 3.44. The fraction of sp³-hybridized carbons (Fsp3) is 0.200. The van der Waals surface area contributed by atoms with E-state index in [1.54, 1.807) is 6.07 Å². The van der Waals surface area contributed by atoms with Gasteiger partial charge in [-0.2, -0.15) is 0 Å². The van der Waals surface area contributed by atoms with Crippen LogP contribution in [0.3, 0.4) is 0 Å². The standard InChI is InChI=1S/C15H12ClNO2/c16-14-12(15(18)19)6-7-13(17-14)11-5-4-9-2-1-3-10(9)8-11/h4-8H,1-3H2,(H,18,19). The molecule has 1 N–H and O–H groups in total. The van der Waals surface area contributed by atoms with E-state index in [0.29, 0.717) is 5.69 Å². The molecular formula is C15H12ClNO2. The van der Waals surface area contributed by atoms with Crippen LogP contribution in [0.5, 0.6) is 0 Å². The molecule has 0 amide bonds. The van der Waals surface area contributed by atoms with Crippen molar-refractivity contribution in [3.8, 4) is 11.3 Å². The lowest BCUT2D eigenvalue weighted by Crippen LogP contribution is -1.99. The van der Waals surface area contributed by atoms with Crippen LogP contribution < -0.4 is 0 Å². The zero-order chi connectivity index (χ0) is 13.4. The van der Waals surface area contributed by atoms with E-state index in [9.17, 15) is 4.79 Å². The maximum atomic E-state index is 10.9. The highest BCUT2D eigenvalue weighted by molar-refractivity contribution is 6.32. The lowest BCUT2D eigenvalue weighted by molar-refractivity contribution is 0.0696. The number of aromatic nitrogens is 1. The number of fused-ring (bicyclic) bond motifs is 1. The van der Waals surface area contributed by atoms with Crippen LogP contribution in [0.2, 0.25) is 5.15 Å². The predicted molar refractivity (Wildman–Crippen MR) is 73.7 cm³/mol. The summed E-state index contributed by atoms with van der Waals surface area (Å²) < 4.78 is 0. The third-order valence-electron chi connectivity index (χ3n) is 3.47. The van der Waals surface area contributed by atoms with Gasteiger partial charge < -0.3 is 5.11 Å². The van der Waals surface area contributed by atoms with E-state index in [1.807, 2.05) is 6.07 Å². The number of carboxylic acid groups (broad SMARTS) is 1. The first-order valence-corrected chi connectivity index (χ1v) is 6.55. The Kier molecular flexibility index (Phi) is 2.99. The fourth-order valence-corrected chi connectivity index (χ4v) is 2.72. The Balaban J connectivity index is 2.03. The minimum Gasteiger partial charge on any atom is -0.478 e. The summed E-state index contributed by atoms with van der Waals surface area (Å²) in [6, 6.07) is 9.47. The molecule has 1 heterocycles. The van der Waals surface area contributed by atoms with E-state index in [2.05, 4.69) is 17.1 Å².